The first-order valence-electron chi connectivity index (χ1n) is 15.9. The molecule has 8 rings (SSSR count). The highest BCUT2D eigenvalue weighted by Crippen LogP contribution is 2.54. The maximum Gasteiger partial charge on any atom is 0.417 e. The quantitative estimate of drug-likeness (QED) is 0.212. The number of fused-ring (bicyclic) bond motifs is 1. The monoisotopic (exact) mass is 599 g/mol. The largest absolute Gasteiger partial charge is 0.493 e. The molecule has 0 bridgehead atoms. The van der Waals surface area contributed by atoms with Gasteiger partial charge in [0.05, 0.1) is 17.7 Å². The number of anilines is 1. The van der Waals surface area contributed by atoms with E-state index < -0.39 is 11.7 Å². The second kappa shape index (κ2) is 10.4. The summed E-state index contributed by atoms with van der Waals surface area (Å²) in [6, 6.07) is 14.3. The van der Waals surface area contributed by atoms with E-state index in [1.165, 1.54) is 36.2 Å². The van der Waals surface area contributed by atoms with Crippen molar-refractivity contribution in [3.05, 3.63) is 76.7 Å². The predicted molar refractivity (Wildman–Crippen MR) is 165 cm³/mol. The van der Waals surface area contributed by atoms with E-state index in [2.05, 4.69) is 40.4 Å². The highest BCUT2D eigenvalue weighted by Gasteiger charge is 2.44. The van der Waals surface area contributed by atoms with Crippen molar-refractivity contribution in [3.8, 4) is 17.0 Å². The maximum absolute atomic E-state index is 13.9. The summed E-state index contributed by atoms with van der Waals surface area (Å²) in [5.41, 5.74) is 5.14. The average Bonchev–Trinajstić information content (AvgIpc) is 3.94. The van der Waals surface area contributed by atoms with Crippen LogP contribution in [0.5, 0.6) is 5.75 Å². The Morgan fingerprint density at radius 2 is 1.80 bits per heavy atom. The Labute approximate surface area is 255 Å². The lowest BCUT2D eigenvalue weighted by Crippen LogP contribution is -2.44. The molecular formula is C36H36F3N3O2. The van der Waals surface area contributed by atoms with Gasteiger partial charge in [-0.1, -0.05) is 28.9 Å². The first kappa shape index (κ1) is 27.7. The molecule has 4 aromatic rings. The third kappa shape index (κ3) is 5.26. The van der Waals surface area contributed by atoms with E-state index in [0.717, 1.165) is 98.0 Å². The van der Waals surface area contributed by atoms with E-state index in [1.54, 1.807) is 6.07 Å². The average molecular weight is 600 g/mol. The van der Waals surface area contributed by atoms with Crippen LogP contribution in [0.2, 0.25) is 0 Å². The summed E-state index contributed by atoms with van der Waals surface area (Å²) in [7, 11) is 0. The number of hydrogen-bond acceptors (Lipinski definition) is 5. The van der Waals surface area contributed by atoms with E-state index in [4.69, 9.17) is 14.2 Å². The topological polar surface area (TPSA) is 51.4 Å². The molecule has 3 saturated carbocycles. The second-order valence-electron chi connectivity index (χ2n) is 13.5. The summed E-state index contributed by atoms with van der Waals surface area (Å²) < 4.78 is 53.5. The van der Waals surface area contributed by atoms with E-state index in [-0.39, 0.29) is 16.9 Å². The van der Waals surface area contributed by atoms with Crippen LogP contribution in [-0.2, 0) is 6.18 Å². The minimum absolute atomic E-state index is 0.0895. The summed E-state index contributed by atoms with van der Waals surface area (Å²) in [6.07, 6.45) is 6.23. The number of pyridine rings is 1. The van der Waals surface area contributed by atoms with Crippen LogP contribution in [0.25, 0.3) is 28.2 Å². The van der Waals surface area contributed by atoms with Crippen LogP contribution in [0.1, 0.15) is 79.9 Å². The summed E-state index contributed by atoms with van der Waals surface area (Å²) in [5, 5.41) is 5.27. The number of alkyl halides is 3. The summed E-state index contributed by atoms with van der Waals surface area (Å²) in [5.74, 6) is 2.61. The first-order chi connectivity index (χ1) is 21.2. The van der Waals surface area contributed by atoms with Gasteiger partial charge in [-0.25, -0.2) is 0 Å². The van der Waals surface area contributed by atoms with E-state index >= 15 is 0 Å². The number of halogens is 3. The van der Waals surface area contributed by atoms with Gasteiger partial charge in [0.15, 0.2) is 0 Å². The molecule has 0 radical (unpaired) electrons. The third-order valence-corrected chi connectivity index (χ3v) is 9.99. The van der Waals surface area contributed by atoms with Crippen LogP contribution < -0.4 is 9.64 Å². The van der Waals surface area contributed by atoms with Crippen LogP contribution >= 0.6 is 0 Å². The second-order valence-corrected chi connectivity index (χ2v) is 13.5. The zero-order valence-corrected chi connectivity index (χ0v) is 24.9. The predicted octanol–water partition coefficient (Wildman–Crippen LogP) is 9.35. The van der Waals surface area contributed by atoms with Crippen molar-refractivity contribution in [2.75, 3.05) is 24.6 Å². The molecule has 4 aliphatic rings. The molecular weight excluding hydrogens is 563 g/mol. The van der Waals surface area contributed by atoms with Crippen molar-refractivity contribution >= 4 is 22.7 Å². The number of rotatable bonds is 7. The lowest BCUT2D eigenvalue weighted by Gasteiger charge is -2.50. The molecule has 0 atom stereocenters. The molecule has 228 valence electrons. The number of ether oxygens (including phenoxy) is 1. The molecule has 0 amide bonds. The van der Waals surface area contributed by atoms with Crippen molar-refractivity contribution in [1.82, 2.24) is 10.1 Å². The molecule has 0 unspecified atom stereocenters. The number of nitrogens with zero attached hydrogens (tertiary/aromatic N) is 3. The minimum Gasteiger partial charge on any atom is -0.493 e. The molecule has 44 heavy (non-hydrogen) atoms. The van der Waals surface area contributed by atoms with Crippen LogP contribution in [0.4, 0.5) is 18.9 Å². The van der Waals surface area contributed by atoms with Crippen molar-refractivity contribution < 1.29 is 22.4 Å². The van der Waals surface area contributed by atoms with E-state index in [1.807, 2.05) is 6.92 Å². The van der Waals surface area contributed by atoms with Gasteiger partial charge >= 0.3 is 6.18 Å². The van der Waals surface area contributed by atoms with Crippen LogP contribution in [0.3, 0.4) is 0 Å². The Morgan fingerprint density at radius 1 is 1.02 bits per heavy atom. The van der Waals surface area contributed by atoms with Gasteiger partial charge in [0.25, 0.3) is 0 Å². The van der Waals surface area contributed by atoms with Gasteiger partial charge in [-0.05, 0) is 100.0 Å². The van der Waals surface area contributed by atoms with Gasteiger partial charge < -0.3 is 14.2 Å². The number of aryl methyl sites for hydroxylation is 1. The maximum atomic E-state index is 13.9. The molecule has 2 aromatic heterocycles. The molecule has 1 spiro atoms. The molecule has 8 heteroatoms. The molecule has 5 nitrogen and oxygen atoms in total. The smallest absolute Gasteiger partial charge is 0.417 e. The normalized spacial score (nSPS) is 19.8. The highest BCUT2D eigenvalue weighted by atomic mass is 19.4. The lowest BCUT2D eigenvalue weighted by atomic mass is 9.60. The highest BCUT2D eigenvalue weighted by molar-refractivity contribution is 5.88. The molecule has 1 aliphatic heterocycles. The Bertz CT molecular complexity index is 1750. The van der Waals surface area contributed by atoms with Crippen LogP contribution in [-0.4, -0.2) is 29.8 Å². The molecule has 3 aliphatic carbocycles. The van der Waals surface area contributed by atoms with Crippen molar-refractivity contribution in [3.63, 3.8) is 0 Å². The minimum atomic E-state index is -4.46. The van der Waals surface area contributed by atoms with Gasteiger partial charge in [-0.2, -0.15) is 13.2 Å². The summed E-state index contributed by atoms with van der Waals surface area (Å²) in [4.78, 5) is 7.21. The molecule has 4 fully saturated rings. The molecule has 3 heterocycles. The Balaban J connectivity index is 0.991. The first-order valence-corrected chi connectivity index (χ1v) is 15.9. The Kier molecular flexibility index (Phi) is 6.54. The fourth-order valence-electron chi connectivity index (χ4n) is 7.15. The SMILES string of the molecule is Cc1cc(OCC2CC2)c2cc(N3CCC4(CC3)CC(=Cc3c(-c5ccccc5C(F)(F)F)noc3C3CC3)C4)ccc2n1. The number of benzene rings is 2. The fourth-order valence-corrected chi connectivity index (χ4v) is 7.15. The molecule has 1 saturated heterocycles. The van der Waals surface area contributed by atoms with Gasteiger partial charge in [0.1, 0.15) is 17.2 Å². The van der Waals surface area contributed by atoms with Crippen LogP contribution in [0, 0.1) is 18.3 Å². The van der Waals surface area contributed by atoms with Gasteiger partial charge in [-0.15, -0.1) is 0 Å². The van der Waals surface area contributed by atoms with Gasteiger partial charge in [0, 0.05) is 53.0 Å². The summed E-state index contributed by atoms with van der Waals surface area (Å²) in [6.45, 7) is 4.74. The summed E-state index contributed by atoms with van der Waals surface area (Å²) >= 11 is 0. The van der Waals surface area contributed by atoms with Gasteiger partial charge in [-0.3, -0.25) is 4.98 Å². The Morgan fingerprint density at radius 3 is 2.52 bits per heavy atom. The lowest BCUT2D eigenvalue weighted by molar-refractivity contribution is -0.137. The number of aromatic nitrogens is 2. The number of hydrogen-bond donors (Lipinski definition) is 0. The number of allylic oxidation sites excluding steroid dienone is 1. The zero-order valence-electron chi connectivity index (χ0n) is 24.9. The van der Waals surface area contributed by atoms with Crippen LogP contribution in [0.15, 0.2) is 58.6 Å². The third-order valence-electron chi connectivity index (χ3n) is 9.99. The van der Waals surface area contributed by atoms with Crippen molar-refractivity contribution in [2.24, 2.45) is 11.3 Å². The Hall–Kier alpha value is -3.81. The van der Waals surface area contributed by atoms with E-state index in [9.17, 15) is 13.2 Å². The van der Waals surface area contributed by atoms with E-state index in [0.29, 0.717) is 11.6 Å². The van der Waals surface area contributed by atoms with Crippen molar-refractivity contribution in [2.45, 2.75) is 70.4 Å². The molecule has 0 N–H and O–H groups in total. The van der Waals surface area contributed by atoms with Crippen molar-refractivity contribution in [1.29, 1.82) is 0 Å². The fraction of sp³-hybridized carbons (Fsp3) is 0.444. The molecule has 2 aromatic carbocycles. The number of piperidine rings is 1. The standard InChI is InChI=1S/C36H36F3N3O2/c1-22-16-32(43-21-23-6-7-23)28-18-26(10-11-31(28)40-22)42-14-12-35(13-15-42)19-24(20-35)17-29-33(41-44-34(29)25-8-9-25)27-4-2-3-5-30(27)36(37,38)39/h2-5,10-11,16-18,23,25H,6-9,12-15,19-21H2,1H3. The zero-order chi connectivity index (χ0) is 30.1. The van der Waals surface area contributed by atoms with Gasteiger partial charge in [0.2, 0.25) is 0 Å².